The normalized spacial score (nSPS) is 14.2. The van der Waals surface area contributed by atoms with Crippen molar-refractivity contribution < 1.29 is 14.3 Å². The monoisotopic (exact) mass is 475 g/mol. The minimum Gasteiger partial charge on any atom is -0.497 e. The highest BCUT2D eigenvalue weighted by Gasteiger charge is 2.22. The van der Waals surface area contributed by atoms with Crippen LogP contribution in [0.1, 0.15) is 16.7 Å². The van der Waals surface area contributed by atoms with E-state index in [2.05, 4.69) is 36.9 Å². The number of fused-ring (bicyclic) bond motifs is 1. The molecule has 0 spiro atoms. The molecule has 172 valence electrons. The van der Waals surface area contributed by atoms with E-state index in [0.29, 0.717) is 13.0 Å². The number of hydrogen-bond acceptors (Lipinski definition) is 6. The zero-order valence-electron chi connectivity index (χ0n) is 18.8. The number of anilines is 1. The van der Waals surface area contributed by atoms with Crippen LogP contribution >= 0.6 is 23.7 Å². The van der Waals surface area contributed by atoms with Crippen molar-refractivity contribution in [1.29, 1.82) is 0 Å². The summed E-state index contributed by atoms with van der Waals surface area (Å²) < 4.78 is 11.8. The summed E-state index contributed by atoms with van der Waals surface area (Å²) in [4.78, 5) is 22.4. The van der Waals surface area contributed by atoms with E-state index >= 15 is 0 Å². The van der Waals surface area contributed by atoms with E-state index in [1.54, 1.807) is 7.11 Å². The molecule has 0 atom stereocenters. The number of ether oxygens (including phenoxy) is 2. The summed E-state index contributed by atoms with van der Waals surface area (Å²) in [6, 6.07) is 12.1. The molecule has 0 aliphatic carbocycles. The molecule has 0 unspecified atom stereocenters. The standard InChI is InChI=1S/C24H29N3O3S.ClH/c1-17-4-5-19(18(2)14-17)15-23(28)27(9-8-26-10-12-30-13-11-26)24-25-21-7-6-20(29-3)16-22(21)31-24;/h4-7,14,16H,8-13,15H2,1-3H3;1H. The molecule has 32 heavy (non-hydrogen) atoms. The molecule has 3 aromatic rings. The molecule has 1 amide bonds. The van der Waals surface area contributed by atoms with Gasteiger partial charge in [-0.15, -0.1) is 12.4 Å². The Morgan fingerprint density at radius 2 is 1.97 bits per heavy atom. The van der Waals surface area contributed by atoms with Crippen molar-refractivity contribution in [3.8, 4) is 5.75 Å². The van der Waals surface area contributed by atoms with Crippen LogP contribution in [0.2, 0.25) is 0 Å². The number of nitrogens with zero attached hydrogens (tertiary/aromatic N) is 3. The van der Waals surface area contributed by atoms with Gasteiger partial charge in [-0.05, 0) is 43.2 Å². The van der Waals surface area contributed by atoms with Crippen molar-refractivity contribution in [3.63, 3.8) is 0 Å². The number of aryl methyl sites for hydroxylation is 2. The van der Waals surface area contributed by atoms with Gasteiger partial charge in [0.1, 0.15) is 5.75 Å². The third-order valence-corrected chi connectivity index (χ3v) is 6.74. The first kappa shape index (κ1) is 24.5. The molecule has 2 heterocycles. The lowest BCUT2D eigenvalue weighted by atomic mass is 10.0. The fourth-order valence-corrected chi connectivity index (χ4v) is 4.87. The first-order chi connectivity index (χ1) is 15.0. The van der Waals surface area contributed by atoms with Crippen LogP contribution in [0, 0.1) is 13.8 Å². The van der Waals surface area contributed by atoms with Crippen LogP contribution in [0.25, 0.3) is 10.2 Å². The molecule has 0 radical (unpaired) electrons. The first-order valence-electron chi connectivity index (χ1n) is 10.6. The average Bonchev–Trinajstić information content (AvgIpc) is 3.19. The molecule has 0 N–H and O–H groups in total. The number of morpholine rings is 1. The molecule has 2 aromatic carbocycles. The Labute approximate surface area is 199 Å². The molecule has 1 aliphatic heterocycles. The molecule has 4 rings (SSSR count). The second-order valence-corrected chi connectivity index (χ2v) is 8.95. The van der Waals surface area contributed by atoms with Crippen molar-refractivity contribution in [3.05, 3.63) is 53.1 Å². The van der Waals surface area contributed by atoms with Gasteiger partial charge in [-0.2, -0.15) is 0 Å². The molecule has 1 fully saturated rings. The number of rotatable bonds is 7. The van der Waals surface area contributed by atoms with Crippen molar-refractivity contribution in [2.45, 2.75) is 20.3 Å². The van der Waals surface area contributed by atoms with Crippen LogP contribution in [-0.4, -0.2) is 62.3 Å². The maximum atomic E-state index is 13.4. The van der Waals surface area contributed by atoms with Gasteiger partial charge in [0.25, 0.3) is 0 Å². The number of methoxy groups -OCH3 is 1. The highest BCUT2D eigenvalue weighted by Crippen LogP contribution is 2.32. The Bertz CT molecular complexity index is 1070. The summed E-state index contributed by atoms with van der Waals surface area (Å²) in [6.45, 7) is 8.85. The van der Waals surface area contributed by atoms with Gasteiger partial charge in [-0.25, -0.2) is 4.98 Å². The van der Waals surface area contributed by atoms with E-state index in [-0.39, 0.29) is 18.3 Å². The smallest absolute Gasteiger partial charge is 0.233 e. The maximum absolute atomic E-state index is 13.4. The lowest BCUT2D eigenvalue weighted by Crippen LogP contribution is -2.43. The van der Waals surface area contributed by atoms with E-state index in [0.717, 1.165) is 65.1 Å². The van der Waals surface area contributed by atoms with Gasteiger partial charge in [0.15, 0.2) is 5.13 Å². The maximum Gasteiger partial charge on any atom is 0.233 e. The van der Waals surface area contributed by atoms with Gasteiger partial charge in [0.05, 0.1) is 37.0 Å². The van der Waals surface area contributed by atoms with Gasteiger partial charge in [-0.1, -0.05) is 35.1 Å². The summed E-state index contributed by atoms with van der Waals surface area (Å²) in [6.07, 6.45) is 0.370. The summed E-state index contributed by atoms with van der Waals surface area (Å²) in [7, 11) is 1.66. The Morgan fingerprint density at radius 3 is 2.69 bits per heavy atom. The Morgan fingerprint density at radius 1 is 1.19 bits per heavy atom. The van der Waals surface area contributed by atoms with Gasteiger partial charge < -0.3 is 9.47 Å². The Balaban J connectivity index is 0.00000289. The summed E-state index contributed by atoms with van der Waals surface area (Å²) in [5.74, 6) is 0.871. The highest BCUT2D eigenvalue weighted by molar-refractivity contribution is 7.22. The lowest BCUT2D eigenvalue weighted by molar-refractivity contribution is -0.118. The molecule has 8 heteroatoms. The van der Waals surface area contributed by atoms with Crippen LogP contribution in [-0.2, 0) is 16.0 Å². The largest absolute Gasteiger partial charge is 0.497 e. The second kappa shape index (κ2) is 11.1. The van der Waals surface area contributed by atoms with E-state index in [1.807, 2.05) is 23.1 Å². The van der Waals surface area contributed by atoms with Gasteiger partial charge in [0.2, 0.25) is 5.91 Å². The third-order valence-electron chi connectivity index (χ3n) is 5.70. The summed E-state index contributed by atoms with van der Waals surface area (Å²) >= 11 is 1.54. The van der Waals surface area contributed by atoms with Crippen molar-refractivity contribution in [2.24, 2.45) is 0 Å². The fraction of sp³-hybridized carbons (Fsp3) is 0.417. The molecule has 6 nitrogen and oxygen atoms in total. The number of carbonyl (C=O) groups excluding carboxylic acids is 1. The molecular weight excluding hydrogens is 446 g/mol. The van der Waals surface area contributed by atoms with Crippen LogP contribution in [0.3, 0.4) is 0 Å². The second-order valence-electron chi connectivity index (χ2n) is 7.94. The Hall–Kier alpha value is -2.19. The zero-order valence-corrected chi connectivity index (χ0v) is 20.4. The molecule has 1 saturated heterocycles. The van der Waals surface area contributed by atoms with Gasteiger partial charge in [-0.3, -0.25) is 14.6 Å². The van der Waals surface area contributed by atoms with Gasteiger partial charge >= 0.3 is 0 Å². The lowest BCUT2D eigenvalue weighted by Gasteiger charge is -2.29. The van der Waals surface area contributed by atoms with Crippen LogP contribution in [0.5, 0.6) is 5.75 Å². The highest BCUT2D eigenvalue weighted by atomic mass is 35.5. The predicted molar refractivity (Wildman–Crippen MR) is 133 cm³/mol. The number of amides is 1. The fourth-order valence-electron chi connectivity index (χ4n) is 3.83. The predicted octanol–water partition coefficient (Wildman–Crippen LogP) is 4.25. The Kier molecular flexibility index (Phi) is 8.48. The van der Waals surface area contributed by atoms with E-state index < -0.39 is 0 Å². The number of carbonyl (C=O) groups is 1. The van der Waals surface area contributed by atoms with E-state index in [1.165, 1.54) is 16.9 Å². The molecular formula is C24H30ClN3O3S. The number of thiazole rings is 1. The minimum absolute atomic E-state index is 0. The quantitative estimate of drug-likeness (QED) is 0.511. The van der Waals surface area contributed by atoms with Gasteiger partial charge in [0, 0.05) is 26.2 Å². The number of halogens is 1. The third kappa shape index (κ3) is 5.78. The van der Waals surface area contributed by atoms with E-state index in [4.69, 9.17) is 14.5 Å². The van der Waals surface area contributed by atoms with Crippen LogP contribution in [0.4, 0.5) is 5.13 Å². The number of hydrogen-bond donors (Lipinski definition) is 0. The van der Waals surface area contributed by atoms with Crippen LogP contribution in [0.15, 0.2) is 36.4 Å². The molecule has 1 aromatic heterocycles. The minimum atomic E-state index is 0. The molecule has 0 bridgehead atoms. The van der Waals surface area contributed by atoms with Crippen molar-refractivity contribution in [1.82, 2.24) is 9.88 Å². The summed E-state index contributed by atoms with van der Waals surface area (Å²) in [5, 5.41) is 0.742. The van der Waals surface area contributed by atoms with Crippen molar-refractivity contribution in [2.75, 3.05) is 51.4 Å². The van der Waals surface area contributed by atoms with Crippen molar-refractivity contribution >= 4 is 45.0 Å². The summed E-state index contributed by atoms with van der Waals surface area (Å²) in [5.41, 5.74) is 4.31. The molecule has 1 aliphatic rings. The number of aromatic nitrogens is 1. The zero-order chi connectivity index (χ0) is 21.8. The van der Waals surface area contributed by atoms with Crippen LogP contribution < -0.4 is 9.64 Å². The number of benzene rings is 2. The average molecular weight is 476 g/mol. The SMILES string of the molecule is COc1ccc2nc(N(CCN3CCOCC3)C(=O)Cc3ccc(C)cc3C)sc2c1.Cl. The van der Waals surface area contributed by atoms with E-state index in [9.17, 15) is 4.79 Å². The first-order valence-corrected chi connectivity index (χ1v) is 11.5. The molecule has 0 saturated carbocycles. The topological polar surface area (TPSA) is 54.9 Å².